The number of amides is 2. The molecule has 0 spiro atoms. The van der Waals surface area contributed by atoms with Gasteiger partial charge in [-0.05, 0) is 58.0 Å². The van der Waals surface area contributed by atoms with Crippen LogP contribution in [0.1, 0.15) is 27.7 Å². The zero-order valence-corrected chi connectivity index (χ0v) is 21.6. The van der Waals surface area contributed by atoms with E-state index >= 15 is 0 Å². The van der Waals surface area contributed by atoms with Gasteiger partial charge in [-0.2, -0.15) is 0 Å². The van der Waals surface area contributed by atoms with Crippen molar-refractivity contribution in [1.29, 1.82) is 0 Å². The molecule has 0 aromatic heterocycles. The fourth-order valence-corrected chi connectivity index (χ4v) is 4.47. The number of piperazine rings is 1. The second-order valence-corrected chi connectivity index (χ2v) is 9.46. The van der Waals surface area contributed by atoms with Crippen molar-refractivity contribution in [2.24, 2.45) is 0 Å². The molecule has 2 aromatic carbocycles. The molecular formula is C26H37ClN4O3. The summed E-state index contributed by atoms with van der Waals surface area (Å²) in [5.41, 5.74) is 1.76. The van der Waals surface area contributed by atoms with Gasteiger partial charge in [0.1, 0.15) is 6.61 Å². The fraction of sp³-hybridized carbons (Fsp3) is 0.500. The lowest BCUT2D eigenvalue weighted by atomic mass is 10.2. The average Bonchev–Trinajstić information content (AvgIpc) is 2.81. The number of hydrogen-bond donors (Lipinski definition) is 1. The minimum Gasteiger partial charge on any atom is -0.493 e. The van der Waals surface area contributed by atoms with E-state index in [0.29, 0.717) is 49.0 Å². The van der Waals surface area contributed by atoms with Crippen LogP contribution in [0.4, 0.5) is 16.2 Å². The second kappa shape index (κ2) is 12.2. The number of benzene rings is 2. The van der Waals surface area contributed by atoms with Gasteiger partial charge < -0.3 is 24.6 Å². The summed E-state index contributed by atoms with van der Waals surface area (Å²) in [4.78, 5) is 19.3. The number of carbonyl (C=O) groups is 1. The maximum atomic E-state index is 12.9. The van der Waals surface area contributed by atoms with Crippen LogP contribution in [-0.2, 0) is 0 Å². The van der Waals surface area contributed by atoms with Gasteiger partial charge in [0.05, 0.1) is 7.11 Å². The summed E-state index contributed by atoms with van der Waals surface area (Å²) in [5.74, 6) is 1.27. The molecule has 0 unspecified atom stereocenters. The first-order chi connectivity index (χ1) is 16.3. The van der Waals surface area contributed by atoms with E-state index in [1.54, 1.807) is 7.11 Å². The zero-order chi connectivity index (χ0) is 24.7. The van der Waals surface area contributed by atoms with Crippen LogP contribution in [0, 0.1) is 0 Å². The number of halogens is 1. The van der Waals surface area contributed by atoms with Gasteiger partial charge in [0.15, 0.2) is 11.5 Å². The van der Waals surface area contributed by atoms with E-state index in [2.05, 4.69) is 42.8 Å². The SMILES string of the molecule is COc1ccc(NC(=O)N2CCN(c3cccc(Cl)c3)CC2)cc1OCCN(C(C)C)C(C)C. The van der Waals surface area contributed by atoms with Gasteiger partial charge in [-0.15, -0.1) is 0 Å². The summed E-state index contributed by atoms with van der Waals surface area (Å²) >= 11 is 6.12. The third-order valence-electron chi connectivity index (χ3n) is 6.09. The Bertz CT molecular complexity index is 937. The largest absolute Gasteiger partial charge is 0.493 e. The summed E-state index contributed by atoms with van der Waals surface area (Å²) in [5, 5.41) is 3.72. The topological polar surface area (TPSA) is 57.3 Å². The maximum Gasteiger partial charge on any atom is 0.321 e. The summed E-state index contributed by atoms with van der Waals surface area (Å²) in [6.45, 7) is 12.9. The summed E-state index contributed by atoms with van der Waals surface area (Å²) in [6.07, 6.45) is 0. The van der Waals surface area contributed by atoms with E-state index in [4.69, 9.17) is 21.1 Å². The molecule has 186 valence electrons. The van der Waals surface area contributed by atoms with Crippen LogP contribution in [-0.4, -0.2) is 74.4 Å². The number of rotatable bonds is 9. The molecule has 1 heterocycles. The number of methoxy groups -OCH3 is 1. The first-order valence-corrected chi connectivity index (χ1v) is 12.3. The molecule has 7 nitrogen and oxygen atoms in total. The third kappa shape index (κ3) is 6.93. The van der Waals surface area contributed by atoms with Gasteiger partial charge in [0, 0.05) is 67.3 Å². The van der Waals surface area contributed by atoms with E-state index in [1.165, 1.54) is 0 Å². The Hall–Kier alpha value is -2.64. The molecule has 0 saturated carbocycles. The molecule has 0 atom stereocenters. The van der Waals surface area contributed by atoms with Gasteiger partial charge in [-0.25, -0.2) is 4.79 Å². The first kappa shape index (κ1) is 26.0. The molecule has 34 heavy (non-hydrogen) atoms. The van der Waals surface area contributed by atoms with Gasteiger partial charge in [-0.1, -0.05) is 17.7 Å². The molecule has 0 aliphatic carbocycles. The van der Waals surface area contributed by atoms with E-state index in [9.17, 15) is 4.79 Å². The van der Waals surface area contributed by atoms with Crippen LogP contribution in [0.15, 0.2) is 42.5 Å². The molecule has 0 radical (unpaired) electrons. The van der Waals surface area contributed by atoms with Gasteiger partial charge in [0.2, 0.25) is 0 Å². The predicted octanol–water partition coefficient (Wildman–Crippen LogP) is 5.20. The number of nitrogens with one attached hydrogen (secondary N) is 1. The van der Waals surface area contributed by atoms with Crippen molar-refractivity contribution in [2.75, 3.05) is 56.7 Å². The molecular weight excluding hydrogens is 452 g/mol. The third-order valence-corrected chi connectivity index (χ3v) is 6.32. The zero-order valence-electron chi connectivity index (χ0n) is 20.9. The molecule has 1 aliphatic heterocycles. The Labute approximate surface area is 208 Å². The highest BCUT2D eigenvalue weighted by molar-refractivity contribution is 6.30. The van der Waals surface area contributed by atoms with Crippen molar-refractivity contribution < 1.29 is 14.3 Å². The molecule has 1 fully saturated rings. The lowest BCUT2D eigenvalue weighted by Crippen LogP contribution is -2.50. The Morgan fingerprint density at radius 3 is 2.35 bits per heavy atom. The molecule has 8 heteroatoms. The van der Waals surface area contributed by atoms with E-state index in [0.717, 1.165) is 30.3 Å². The summed E-state index contributed by atoms with van der Waals surface area (Å²) < 4.78 is 11.5. The Balaban J connectivity index is 1.56. The van der Waals surface area contributed by atoms with Crippen LogP contribution < -0.4 is 19.7 Å². The molecule has 1 saturated heterocycles. The van der Waals surface area contributed by atoms with Crippen molar-refractivity contribution in [2.45, 2.75) is 39.8 Å². The number of carbonyl (C=O) groups excluding carboxylic acids is 1. The lowest BCUT2D eigenvalue weighted by molar-refractivity contribution is 0.140. The summed E-state index contributed by atoms with van der Waals surface area (Å²) in [7, 11) is 1.62. The molecule has 0 bridgehead atoms. The van der Waals surface area contributed by atoms with Crippen LogP contribution in [0.2, 0.25) is 5.02 Å². The van der Waals surface area contributed by atoms with Crippen molar-refractivity contribution in [1.82, 2.24) is 9.80 Å². The molecule has 1 N–H and O–H groups in total. The first-order valence-electron chi connectivity index (χ1n) is 11.9. The molecule has 3 rings (SSSR count). The minimum atomic E-state index is -0.118. The Morgan fingerprint density at radius 2 is 1.74 bits per heavy atom. The predicted molar refractivity (Wildman–Crippen MR) is 140 cm³/mol. The molecule has 1 aliphatic rings. The minimum absolute atomic E-state index is 0.118. The van der Waals surface area contributed by atoms with E-state index in [1.807, 2.05) is 47.4 Å². The quantitative estimate of drug-likeness (QED) is 0.525. The molecule has 2 aromatic rings. The number of nitrogens with zero attached hydrogens (tertiary/aromatic N) is 3. The average molecular weight is 489 g/mol. The van der Waals surface area contributed by atoms with Crippen molar-refractivity contribution in [3.63, 3.8) is 0 Å². The number of hydrogen-bond acceptors (Lipinski definition) is 5. The highest BCUT2D eigenvalue weighted by atomic mass is 35.5. The smallest absolute Gasteiger partial charge is 0.321 e. The number of ether oxygens (including phenoxy) is 2. The fourth-order valence-electron chi connectivity index (χ4n) is 4.28. The van der Waals surface area contributed by atoms with Gasteiger partial charge in [0.25, 0.3) is 0 Å². The van der Waals surface area contributed by atoms with Gasteiger partial charge in [-0.3, -0.25) is 4.90 Å². The highest BCUT2D eigenvalue weighted by Crippen LogP contribution is 2.30. The Kier molecular flexibility index (Phi) is 9.30. The monoisotopic (exact) mass is 488 g/mol. The van der Waals surface area contributed by atoms with Crippen LogP contribution in [0.3, 0.4) is 0 Å². The van der Waals surface area contributed by atoms with E-state index < -0.39 is 0 Å². The number of urea groups is 1. The lowest BCUT2D eigenvalue weighted by Gasteiger charge is -2.36. The van der Waals surface area contributed by atoms with Crippen LogP contribution in [0.25, 0.3) is 0 Å². The molecule has 2 amide bonds. The normalized spacial score (nSPS) is 14.1. The van der Waals surface area contributed by atoms with Crippen molar-refractivity contribution >= 4 is 29.0 Å². The van der Waals surface area contributed by atoms with Crippen molar-refractivity contribution in [3.8, 4) is 11.5 Å². The highest BCUT2D eigenvalue weighted by Gasteiger charge is 2.22. The van der Waals surface area contributed by atoms with Crippen LogP contribution >= 0.6 is 11.6 Å². The van der Waals surface area contributed by atoms with Gasteiger partial charge >= 0.3 is 6.03 Å². The Morgan fingerprint density at radius 1 is 1.03 bits per heavy atom. The standard InChI is InChI=1S/C26H37ClN4O3/c1-19(2)31(20(3)4)15-16-34-25-18-22(9-10-24(25)33-5)28-26(32)30-13-11-29(12-14-30)23-8-6-7-21(27)17-23/h6-10,17-20H,11-16H2,1-5H3,(H,28,32). The second-order valence-electron chi connectivity index (χ2n) is 9.02. The van der Waals surface area contributed by atoms with Crippen molar-refractivity contribution in [3.05, 3.63) is 47.5 Å². The van der Waals surface area contributed by atoms with Crippen LogP contribution in [0.5, 0.6) is 11.5 Å². The maximum absolute atomic E-state index is 12.9. The number of anilines is 2. The van der Waals surface area contributed by atoms with E-state index in [-0.39, 0.29) is 6.03 Å². The summed E-state index contributed by atoms with van der Waals surface area (Å²) in [6, 6.07) is 14.1.